The molecule has 0 aromatic rings. The second kappa shape index (κ2) is 6.37. The summed E-state index contributed by atoms with van der Waals surface area (Å²) in [5.74, 6) is -0.0139. The van der Waals surface area contributed by atoms with Gasteiger partial charge in [-0.2, -0.15) is 0 Å². The molecule has 0 saturated heterocycles. The molecule has 0 aliphatic heterocycles. The van der Waals surface area contributed by atoms with Gasteiger partial charge in [-0.3, -0.25) is 4.48 Å². The molecule has 0 bridgehead atoms. The molecule has 0 amide bonds. The Morgan fingerprint density at radius 2 is 1.57 bits per heavy atom. The number of hydrogen-bond donors (Lipinski definition) is 0. The van der Waals surface area contributed by atoms with E-state index in [1.54, 1.807) is 0 Å². The van der Waals surface area contributed by atoms with Gasteiger partial charge in [-0.25, -0.2) is 4.99 Å². The Kier molecular flexibility index (Phi) is 6.99. The van der Waals surface area contributed by atoms with Crippen LogP contribution < -0.4 is 5.11 Å². The monoisotopic (exact) mass is 203 g/mol. The van der Waals surface area contributed by atoms with Crippen molar-refractivity contribution in [2.75, 3.05) is 42.3 Å². The molecular formula is C9H21N3O2. The van der Waals surface area contributed by atoms with Crippen LogP contribution >= 0.6 is 0 Å². The highest BCUT2D eigenvalue weighted by molar-refractivity contribution is 5.72. The molecule has 0 spiro atoms. The van der Waals surface area contributed by atoms with Crippen molar-refractivity contribution in [1.82, 2.24) is 4.90 Å². The van der Waals surface area contributed by atoms with Crippen molar-refractivity contribution in [3.63, 3.8) is 0 Å². The van der Waals surface area contributed by atoms with E-state index < -0.39 is 5.97 Å². The fourth-order valence-corrected chi connectivity index (χ4v) is 1.10. The average Bonchev–Trinajstić information content (AvgIpc) is 1.81. The lowest BCUT2D eigenvalue weighted by atomic mass is 10.6. The summed E-state index contributed by atoms with van der Waals surface area (Å²) < 4.78 is 0.767. The fraction of sp³-hybridized carbons (Fsp3) is 0.778. The van der Waals surface area contributed by atoms with Crippen molar-refractivity contribution in [2.45, 2.75) is 6.92 Å². The number of aliphatic imine (C=N–C) groups is 1. The molecule has 5 nitrogen and oxygen atoms in total. The van der Waals surface area contributed by atoms with Crippen LogP contribution in [-0.4, -0.2) is 63.6 Å². The maximum Gasteiger partial charge on any atom is 0.298 e. The summed E-state index contributed by atoms with van der Waals surface area (Å²) in [6.45, 7) is 0.972. The molecule has 0 aromatic heterocycles. The highest BCUT2D eigenvalue weighted by Gasteiger charge is 2.18. The summed E-state index contributed by atoms with van der Waals surface area (Å²) in [5.41, 5.74) is 0. The molecule has 0 aromatic carbocycles. The Labute approximate surface area is 86.2 Å². The number of carboxylic acids is 1. The average molecular weight is 203 g/mol. The number of carbonyl (C=O) groups excluding carboxylic acids is 1. The molecule has 0 unspecified atom stereocenters. The lowest BCUT2D eigenvalue weighted by Gasteiger charge is -2.28. The minimum Gasteiger partial charge on any atom is -0.550 e. The first-order valence-electron chi connectivity index (χ1n) is 4.26. The molecule has 0 fully saturated rings. The van der Waals surface area contributed by atoms with Crippen molar-refractivity contribution >= 4 is 11.9 Å². The SMILES string of the molecule is C/N=C(\N(C)C)[N+](C)(C)C.CC(=O)[O-]. The van der Waals surface area contributed by atoms with Crippen LogP contribution in [0.15, 0.2) is 4.99 Å². The molecule has 0 saturated carbocycles. The van der Waals surface area contributed by atoms with Gasteiger partial charge in [-0.05, 0) is 6.92 Å². The van der Waals surface area contributed by atoms with E-state index >= 15 is 0 Å². The first-order chi connectivity index (χ1) is 6.12. The first kappa shape index (κ1) is 15.4. The van der Waals surface area contributed by atoms with E-state index in [-0.39, 0.29) is 0 Å². The Hall–Kier alpha value is -1.10. The number of guanidine groups is 1. The van der Waals surface area contributed by atoms with Gasteiger partial charge in [0.15, 0.2) is 0 Å². The zero-order valence-corrected chi connectivity index (χ0v) is 10.2. The fourth-order valence-electron chi connectivity index (χ4n) is 1.10. The second-order valence-corrected chi connectivity index (χ2v) is 3.92. The highest BCUT2D eigenvalue weighted by Crippen LogP contribution is 1.96. The van der Waals surface area contributed by atoms with Gasteiger partial charge < -0.3 is 14.8 Å². The molecule has 0 atom stereocenters. The van der Waals surface area contributed by atoms with Crippen LogP contribution in [0.2, 0.25) is 0 Å². The van der Waals surface area contributed by atoms with Gasteiger partial charge in [-0.15, -0.1) is 0 Å². The zero-order valence-electron chi connectivity index (χ0n) is 10.2. The van der Waals surface area contributed by atoms with E-state index in [2.05, 4.69) is 26.1 Å². The predicted octanol–water partition coefficient (Wildman–Crippen LogP) is -1.00. The van der Waals surface area contributed by atoms with E-state index in [1.165, 1.54) is 0 Å². The van der Waals surface area contributed by atoms with Crippen LogP contribution in [0.5, 0.6) is 0 Å². The third-order valence-electron chi connectivity index (χ3n) is 1.20. The predicted molar refractivity (Wildman–Crippen MR) is 55.8 cm³/mol. The Bertz CT molecular complexity index is 201. The van der Waals surface area contributed by atoms with Crippen molar-refractivity contribution in [3.05, 3.63) is 0 Å². The molecule has 5 heteroatoms. The Morgan fingerprint density at radius 3 is 1.57 bits per heavy atom. The smallest absolute Gasteiger partial charge is 0.298 e. The summed E-state index contributed by atoms with van der Waals surface area (Å²) in [7, 11) is 12.1. The minimum atomic E-state index is -1.08. The molecule has 0 N–H and O–H groups in total. The summed E-state index contributed by atoms with van der Waals surface area (Å²) in [4.78, 5) is 15.1. The van der Waals surface area contributed by atoms with E-state index in [0.717, 1.165) is 17.4 Å². The minimum absolute atomic E-state index is 0.767. The summed E-state index contributed by atoms with van der Waals surface area (Å²) in [6, 6.07) is 0. The third kappa shape index (κ3) is 8.99. The molecule has 0 rings (SSSR count). The van der Waals surface area contributed by atoms with Crippen LogP contribution in [0, 0.1) is 0 Å². The Balaban J connectivity index is 0. The van der Waals surface area contributed by atoms with Crippen LogP contribution in [-0.2, 0) is 4.79 Å². The molecule has 0 heterocycles. The maximum absolute atomic E-state index is 8.89. The van der Waals surface area contributed by atoms with Gasteiger partial charge in [0, 0.05) is 27.1 Å². The topological polar surface area (TPSA) is 55.7 Å². The van der Waals surface area contributed by atoms with E-state index in [4.69, 9.17) is 9.90 Å². The summed E-state index contributed by atoms with van der Waals surface area (Å²) in [6.07, 6.45) is 0. The van der Waals surface area contributed by atoms with Crippen molar-refractivity contribution in [1.29, 1.82) is 0 Å². The highest BCUT2D eigenvalue weighted by atomic mass is 16.4. The molecule has 84 valence electrons. The largest absolute Gasteiger partial charge is 0.550 e. The lowest BCUT2D eigenvalue weighted by Crippen LogP contribution is -2.48. The van der Waals surface area contributed by atoms with Gasteiger partial charge in [0.25, 0.3) is 5.96 Å². The number of rotatable bonds is 0. The van der Waals surface area contributed by atoms with Crippen molar-refractivity contribution < 1.29 is 14.4 Å². The summed E-state index contributed by atoms with van der Waals surface area (Å²) in [5, 5.41) is 8.89. The van der Waals surface area contributed by atoms with Gasteiger partial charge in [0.2, 0.25) is 0 Å². The maximum atomic E-state index is 8.89. The lowest BCUT2D eigenvalue weighted by molar-refractivity contribution is -0.782. The third-order valence-corrected chi connectivity index (χ3v) is 1.20. The molecule has 14 heavy (non-hydrogen) atoms. The van der Waals surface area contributed by atoms with Crippen LogP contribution in [0.3, 0.4) is 0 Å². The second-order valence-electron chi connectivity index (χ2n) is 3.92. The number of hydrogen-bond acceptors (Lipinski definition) is 3. The Morgan fingerprint density at radius 1 is 1.29 bits per heavy atom. The normalized spacial score (nSPS) is 11.5. The van der Waals surface area contributed by atoms with E-state index in [1.807, 2.05) is 26.0 Å². The molecule has 0 radical (unpaired) electrons. The number of nitrogens with zero attached hydrogens (tertiary/aromatic N) is 3. The van der Waals surface area contributed by atoms with Crippen LogP contribution in [0.1, 0.15) is 6.92 Å². The van der Waals surface area contributed by atoms with Crippen molar-refractivity contribution in [3.8, 4) is 0 Å². The number of carboxylic acid groups (broad SMARTS) is 1. The zero-order chi connectivity index (χ0) is 11.9. The molecule has 0 aliphatic rings. The van der Waals surface area contributed by atoms with Gasteiger partial charge >= 0.3 is 0 Å². The van der Waals surface area contributed by atoms with Gasteiger partial charge in [0.1, 0.15) is 0 Å². The first-order valence-corrected chi connectivity index (χ1v) is 4.26. The molecular weight excluding hydrogens is 182 g/mol. The van der Waals surface area contributed by atoms with Gasteiger partial charge in [-0.1, -0.05) is 0 Å². The van der Waals surface area contributed by atoms with Crippen molar-refractivity contribution in [2.24, 2.45) is 4.99 Å². The number of quaternary nitrogens is 1. The molecule has 0 aliphatic carbocycles. The number of aliphatic carboxylic acids is 1. The van der Waals surface area contributed by atoms with Crippen LogP contribution in [0.4, 0.5) is 0 Å². The quantitative estimate of drug-likeness (QED) is 0.288. The van der Waals surface area contributed by atoms with E-state index in [0.29, 0.717) is 0 Å². The summed E-state index contributed by atoms with van der Waals surface area (Å²) >= 11 is 0. The van der Waals surface area contributed by atoms with Crippen LogP contribution in [0.25, 0.3) is 0 Å². The van der Waals surface area contributed by atoms with Gasteiger partial charge in [0.05, 0.1) is 21.1 Å². The van der Waals surface area contributed by atoms with E-state index in [9.17, 15) is 0 Å². The number of carbonyl (C=O) groups is 1. The standard InChI is InChI=1S/C7H18N3.C2H4O2/c1-8-7(9(2)3)10(4,5)6;1-2(3)4/h1-6H3;1H3,(H,3,4)/q+1;/p-1/b8-7+;.